The standard InChI is InChI=1S/C19H21NO2S/c1-12-5-10-18(13(2)11-12)23-15(4)19(22)20-17-8-6-16(7-9-17)14(3)21/h5-11,15H,1-4H3,(H,20,22)/t15-/m0/s1. The summed E-state index contributed by atoms with van der Waals surface area (Å²) in [6.45, 7) is 7.53. The van der Waals surface area contributed by atoms with E-state index in [4.69, 9.17) is 0 Å². The molecule has 4 heteroatoms. The Balaban J connectivity index is 2.00. The van der Waals surface area contributed by atoms with Crippen molar-refractivity contribution >= 4 is 29.1 Å². The molecule has 0 heterocycles. The van der Waals surface area contributed by atoms with Crippen LogP contribution in [-0.4, -0.2) is 16.9 Å². The van der Waals surface area contributed by atoms with Crippen molar-refractivity contribution in [1.82, 2.24) is 0 Å². The summed E-state index contributed by atoms with van der Waals surface area (Å²) in [5, 5.41) is 2.68. The van der Waals surface area contributed by atoms with Crippen molar-refractivity contribution in [2.24, 2.45) is 0 Å². The van der Waals surface area contributed by atoms with E-state index >= 15 is 0 Å². The number of carbonyl (C=O) groups excluding carboxylic acids is 2. The molecule has 0 unspecified atom stereocenters. The van der Waals surface area contributed by atoms with E-state index in [0.29, 0.717) is 11.3 Å². The molecule has 3 nitrogen and oxygen atoms in total. The zero-order valence-electron chi connectivity index (χ0n) is 13.8. The number of carbonyl (C=O) groups is 2. The summed E-state index contributed by atoms with van der Waals surface area (Å²) in [5.41, 5.74) is 3.74. The molecule has 0 radical (unpaired) electrons. The molecule has 1 N–H and O–H groups in total. The number of nitrogens with one attached hydrogen (secondary N) is 1. The molecule has 0 aliphatic heterocycles. The molecule has 23 heavy (non-hydrogen) atoms. The van der Waals surface area contributed by atoms with Gasteiger partial charge in [-0.25, -0.2) is 0 Å². The zero-order chi connectivity index (χ0) is 17.0. The number of hydrogen-bond donors (Lipinski definition) is 1. The fraction of sp³-hybridized carbons (Fsp3) is 0.263. The van der Waals surface area contributed by atoms with Crippen LogP contribution in [-0.2, 0) is 4.79 Å². The lowest BCUT2D eigenvalue weighted by atomic mass is 10.1. The number of anilines is 1. The van der Waals surface area contributed by atoms with Gasteiger partial charge in [-0.1, -0.05) is 17.7 Å². The second kappa shape index (κ2) is 7.47. The van der Waals surface area contributed by atoms with Gasteiger partial charge in [0.15, 0.2) is 5.78 Å². The molecule has 2 aromatic rings. The molecule has 0 spiro atoms. The molecule has 0 fully saturated rings. The van der Waals surface area contributed by atoms with Crippen molar-refractivity contribution < 1.29 is 9.59 Å². The van der Waals surface area contributed by atoms with Crippen LogP contribution < -0.4 is 5.32 Å². The third-order valence-electron chi connectivity index (χ3n) is 3.56. The number of thioether (sulfide) groups is 1. The molecule has 120 valence electrons. The molecule has 0 saturated carbocycles. The van der Waals surface area contributed by atoms with E-state index in [1.54, 1.807) is 36.0 Å². The van der Waals surface area contributed by atoms with E-state index in [1.807, 2.05) is 6.92 Å². The summed E-state index contributed by atoms with van der Waals surface area (Å²) in [4.78, 5) is 24.7. The van der Waals surface area contributed by atoms with Crippen molar-refractivity contribution in [1.29, 1.82) is 0 Å². The van der Waals surface area contributed by atoms with Gasteiger partial charge < -0.3 is 5.32 Å². The Bertz CT molecular complexity index is 723. The topological polar surface area (TPSA) is 46.2 Å². The first-order chi connectivity index (χ1) is 10.9. The number of hydrogen-bond acceptors (Lipinski definition) is 3. The van der Waals surface area contributed by atoms with Crippen LogP contribution in [0.4, 0.5) is 5.69 Å². The first kappa shape index (κ1) is 17.3. The van der Waals surface area contributed by atoms with Gasteiger partial charge in [-0.2, -0.15) is 0 Å². The predicted octanol–water partition coefficient (Wildman–Crippen LogP) is 4.63. The Hall–Kier alpha value is -2.07. The van der Waals surface area contributed by atoms with E-state index in [-0.39, 0.29) is 16.9 Å². The lowest BCUT2D eigenvalue weighted by Gasteiger charge is -2.14. The number of benzene rings is 2. The molecular weight excluding hydrogens is 306 g/mol. The van der Waals surface area contributed by atoms with Crippen LogP contribution in [0.15, 0.2) is 47.4 Å². The van der Waals surface area contributed by atoms with Gasteiger partial charge in [-0.05, 0) is 63.6 Å². The number of amides is 1. The lowest BCUT2D eigenvalue weighted by Crippen LogP contribution is -2.22. The van der Waals surface area contributed by atoms with Gasteiger partial charge in [-0.3, -0.25) is 9.59 Å². The Morgan fingerprint density at radius 3 is 2.26 bits per heavy atom. The predicted molar refractivity (Wildman–Crippen MR) is 96.3 cm³/mol. The summed E-state index contributed by atoms with van der Waals surface area (Å²) in [6, 6.07) is 13.2. The van der Waals surface area contributed by atoms with E-state index in [9.17, 15) is 9.59 Å². The molecule has 2 rings (SSSR count). The second-order valence-electron chi connectivity index (χ2n) is 5.65. The van der Waals surface area contributed by atoms with Crippen molar-refractivity contribution in [3.8, 4) is 0 Å². The molecule has 2 aromatic carbocycles. The van der Waals surface area contributed by atoms with Crippen molar-refractivity contribution in [2.75, 3.05) is 5.32 Å². The Kier molecular flexibility index (Phi) is 5.61. The summed E-state index contributed by atoms with van der Waals surface area (Å²) in [7, 11) is 0. The molecular formula is C19H21NO2S. The lowest BCUT2D eigenvalue weighted by molar-refractivity contribution is -0.115. The SMILES string of the molecule is CC(=O)c1ccc(NC(=O)[C@H](C)Sc2ccc(C)cc2C)cc1. The van der Waals surface area contributed by atoms with Crippen molar-refractivity contribution in [3.05, 3.63) is 59.2 Å². The highest BCUT2D eigenvalue weighted by Crippen LogP contribution is 2.28. The highest BCUT2D eigenvalue weighted by molar-refractivity contribution is 8.00. The van der Waals surface area contributed by atoms with Crippen molar-refractivity contribution in [2.45, 2.75) is 37.8 Å². The van der Waals surface area contributed by atoms with Gasteiger partial charge >= 0.3 is 0 Å². The summed E-state index contributed by atoms with van der Waals surface area (Å²) < 4.78 is 0. The Labute approximate surface area is 141 Å². The quantitative estimate of drug-likeness (QED) is 0.643. The maximum Gasteiger partial charge on any atom is 0.237 e. The zero-order valence-corrected chi connectivity index (χ0v) is 14.7. The normalized spacial score (nSPS) is 11.8. The van der Waals surface area contributed by atoms with Gasteiger partial charge in [0.2, 0.25) is 5.91 Å². The minimum atomic E-state index is -0.205. The van der Waals surface area contributed by atoms with Gasteiger partial charge in [-0.15, -0.1) is 11.8 Å². The second-order valence-corrected chi connectivity index (χ2v) is 7.03. The maximum absolute atomic E-state index is 12.3. The van der Waals surface area contributed by atoms with Crippen LogP contribution in [0, 0.1) is 13.8 Å². The van der Waals surface area contributed by atoms with Crippen LogP contribution in [0.2, 0.25) is 0 Å². The molecule has 1 amide bonds. The highest BCUT2D eigenvalue weighted by Gasteiger charge is 2.15. The first-order valence-electron chi connectivity index (χ1n) is 7.52. The Morgan fingerprint density at radius 2 is 1.70 bits per heavy atom. The summed E-state index contributed by atoms with van der Waals surface area (Å²) >= 11 is 1.55. The van der Waals surface area contributed by atoms with Gasteiger partial charge in [0.1, 0.15) is 0 Å². The average Bonchev–Trinajstić information content (AvgIpc) is 2.50. The monoisotopic (exact) mass is 327 g/mol. The van der Waals surface area contributed by atoms with Crippen molar-refractivity contribution in [3.63, 3.8) is 0 Å². The average molecular weight is 327 g/mol. The first-order valence-corrected chi connectivity index (χ1v) is 8.40. The number of rotatable bonds is 5. The van der Waals surface area contributed by atoms with Crippen LogP contribution in [0.5, 0.6) is 0 Å². The highest BCUT2D eigenvalue weighted by atomic mass is 32.2. The smallest absolute Gasteiger partial charge is 0.237 e. The summed E-state index contributed by atoms with van der Waals surface area (Å²) in [6.07, 6.45) is 0. The fourth-order valence-electron chi connectivity index (χ4n) is 2.21. The molecule has 1 atom stereocenters. The van der Waals surface area contributed by atoms with Gasteiger partial charge in [0, 0.05) is 16.1 Å². The van der Waals surface area contributed by atoms with Gasteiger partial charge in [0.05, 0.1) is 5.25 Å². The van der Waals surface area contributed by atoms with E-state index in [1.165, 1.54) is 18.1 Å². The third kappa shape index (κ3) is 4.70. The largest absolute Gasteiger partial charge is 0.325 e. The van der Waals surface area contributed by atoms with E-state index < -0.39 is 0 Å². The fourth-order valence-corrected chi connectivity index (χ4v) is 3.15. The number of Topliss-reactive ketones (excluding diaryl/α,β-unsaturated/α-hetero) is 1. The van der Waals surface area contributed by atoms with Gasteiger partial charge in [0.25, 0.3) is 0 Å². The maximum atomic E-state index is 12.3. The van der Waals surface area contributed by atoms with Crippen LogP contribution in [0.3, 0.4) is 0 Å². The molecule has 0 saturated heterocycles. The summed E-state index contributed by atoms with van der Waals surface area (Å²) in [5.74, 6) is -0.0350. The third-order valence-corrected chi connectivity index (χ3v) is 4.84. The minimum absolute atomic E-state index is 0.0154. The molecule has 0 aliphatic carbocycles. The van der Waals surface area contributed by atoms with Crippen LogP contribution in [0.1, 0.15) is 35.3 Å². The van der Waals surface area contributed by atoms with E-state index in [0.717, 1.165) is 4.90 Å². The van der Waals surface area contributed by atoms with Crippen LogP contribution >= 0.6 is 11.8 Å². The molecule has 0 aromatic heterocycles. The Morgan fingerprint density at radius 1 is 1.04 bits per heavy atom. The number of aryl methyl sites for hydroxylation is 2. The van der Waals surface area contributed by atoms with Crippen LogP contribution in [0.25, 0.3) is 0 Å². The van der Waals surface area contributed by atoms with E-state index in [2.05, 4.69) is 37.4 Å². The molecule has 0 aliphatic rings. The molecule has 0 bridgehead atoms. The number of ketones is 1. The minimum Gasteiger partial charge on any atom is -0.325 e.